The highest BCUT2D eigenvalue weighted by Gasteiger charge is 2.09. The van der Waals surface area contributed by atoms with Crippen LogP contribution in [0.3, 0.4) is 0 Å². The molecule has 0 atom stereocenters. The van der Waals surface area contributed by atoms with Gasteiger partial charge in [-0.1, -0.05) is 12.1 Å². The highest BCUT2D eigenvalue weighted by molar-refractivity contribution is 5.83. The quantitative estimate of drug-likeness (QED) is 0.641. The summed E-state index contributed by atoms with van der Waals surface area (Å²) < 4.78 is 0. The Balaban J connectivity index is 2.43. The number of aromatic amines is 1. The predicted octanol–water partition coefficient (Wildman–Crippen LogP) is 0.932. The number of para-hydroxylation sites is 2. The third-order valence-corrected chi connectivity index (χ3v) is 2.63. The molecule has 18 heavy (non-hydrogen) atoms. The van der Waals surface area contributed by atoms with Crippen molar-refractivity contribution >= 4 is 28.1 Å². The fourth-order valence-electron chi connectivity index (χ4n) is 1.72. The molecule has 0 aliphatic carbocycles. The first-order valence-electron chi connectivity index (χ1n) is 5.49. The number of aromatic nitrogens is 4. The highest BCUT2D eigenvalue weighted by Crippen LogP contribution is 2.12. The van der Waals surface area contributed by atoms with Gasteiger partial charge in [0.25, 0.3) is 5.56 Å². The van der Waals surface area contributed by atoms with E-state index in [1.165, 1.54) is 0 Å². The predicted molar refractivity (Wildman–Crippen MR) is 69.8 cm³/mol. The molecular formula is C12H11N5O. The third kappa shape index (κ3) is 1.58. The molecule has 6 heteroatoms. The van der Waals surface area contributed by atoms with Crippen LogP contribution in [0.4, 0.5) is 5.95 Å². The van der Waals surface area contributed by atoms with Gasteiger partial charge in [0, 0.05) is 14.1 Å². The lowest BCUT2D eigenvalue weighted by atomic mass is 10.3. The van der Waals surface area contributed by atoms with Gasteiger partial charge in [-0.15, -0.1) is 0 Å². The molecule has 0 radical (unpaired) electrons. The smallest absolute Gasteiger partial charge is 0.280 e. The van der Waals surface area contributed by atoms with Gasteiger partial charge in [0.15, 0.2) is 11.2 Å². The van der Waals surface area contributed by atoms with Crippen LogP contribution in [0.25, 0.3) is 22.2 Å². The number of hydrogen-bond acceptors (Lipinski definition) is 5. The first-order valence-corrected chi connectivity index (χ1v) is 5.49. The lowest BCUT2D eigenvalue weighted by molar-refractivity contribution is 0.992. The lowest BCUT2D eigenvalue weighted by Gasteiger charge is -2.10. The maximum absolute atomic E-state index is 11.9. The second kappa shape index (κ2) is 3.76. The average Bonchev–Trinajstić information content (AvgIpc) is 2.36. The molecule has 1 aromatic carbocycles. The van der Waals surface area contributed by atoms with Crippen molar-refractivity contribution in [3.8, 4) is 0 Å². The van der Waals surface area contributed by atoms with E-state index in [1.54, 1.807) is 19.0 Å². The van der Waals surface area contributed by atoms with Crippen molar-refractivity contribution in [2.24, 2.45) is 0 Å². The van der Waals surface area contributed by atoms with Crippen molar-refractivity contribution in [3.63, 3.8) is 0 Å². The molecule has 2 aromatic heterocycles. The van der Waals surface area contributed by atoms with E-state index >= 15 is 0 Å². The van der Waals surface area contributed by atoms with Gasteiger partial charge in [-0.25, -0.2) is 9.97 Å². The lowest BCUT2D eigenvalue weighted by Crippen LogP contribution is -2.19. The second-order valence-electron chi connectivity index (χ2n) is 4.17. The Labute approximate surface area is 102 Å². The van der Waals surface area contributed by atoms with Crippen molar-refractivity contribution in [2.45, 2.75) is 0 Å². The molecule has 3 rings (SSSR count). The number of benzene rings is 1. The van der Waals surface area contributed by atoms with Gasteiger partial charge < -0.3 is 4.90 Å². The average molecular weight is 241 g/mol. The van der Waals surface area contributed by atoms with Gasteiger partial charge >= 0.3 is 0 Å². The Hall–Kier alpha value is -2.50. The fourth-order valence-corrected chi connectivity index (χ4v) is 1.72. The van der Waals surface area contributed by atoms with E-state index in [0.29, 0.717) is 17.1 Å². The van der Waals surface area contributed by atoms with Crippen molar-refractivity contribution < 1.29 is 0 Å². The molecule has 3 aromatic rings. The van der Waals surface area contributed by atoms with Gasteiger partial charge in [0.2, 0.25) is 5.95 Å². The third-order valence-electron chi connectivity index (χ3n) is 2.63. The number of rotatable bonds is 1. The fraction of sp³-hybridized carbons (Fsp3) is 0.167. The molecule has 0 fully saturated rings. The Bertz CT molecular complexity index is 793. The SMILES string of the molecule is CN(C)c1nc2nc3ccccc3nc2c(=O)[nH]1. The van der Waals surface area contributed by atoms with Crippen LogP contribution in [0, 0.1) is 0 Å². The van der Waals surface area contributed by atoms with Crippen LogP contribution in [0.2, 0.25) is 0 Å². The van der Waals surface area contributed by atoms with E-state index in [4.69, 9.17) is 0 Å². The molecule has 90 valence electrons. The molecule has 6 nitrogen and oxygen atoms in total. The summed E-state index contributed by atoms with van der Waals surface area (Å²) in [5.41, 5.74) is 1.77. The molecule has 0 amide bonds. The van der Waals surface area contributed by atoms with Crippen LogP contribution in [0.15, 0.2) is 29.1 Å². The Kier molecular flexibility index (Phi) is 2.22. The van der Waals surface area contributed by atoms with Crippen LogP contribution in [-0.4, -0.2) is 34.0 Å². The summed E-state index contributed by atoms with van der Waals surface area (Å²) in [4.78, 5) is 29.2. The van der Waals surface area contributed by atoms with Crippen molar-refractivity contribution in [1.29, 1.82) is 0 Å². The monoisotopic (exact) mass is 241 g/mol. The Morgan fingerprint density at radius 2 is 1.72 bits per heavy atom. The molecule has 0 saturated heterocycles. The van der Waals surface area contributed by atoms with Crippen LogP contribution in [0.1, 0.15) is 0 Å². The molecule has 2 heterocycles. The zero-order valence-electron chi connectivity index (χ0n) is 10.0. The van der Waals surface area contributed by atoms with E-state index in [1.807, 2.05) is 24.3 Å². The molecular weight excluding hydrogens is 230 g/mol. The topological polar surface area (TPSA) is 74.8 Å². The maximum atomic E-state index is 11.9. The number of anilines is 1. The van der Waals surface area contributed by atoms with E-state index in [-0.39, 0.29) is 11.1 Å². The first kappa shape index (κ1) is 10.6. The van der Waals surface area contributed by atoms with Crippen LogP contribution < -0.4 is 10.5 Å². The molecule has 0 bridgehead atoms. The van der Waals surface area contributed by atoms with E-state index < -0.39 is 0 Å². The van der Waals surface area contributed by atoms with Crippen molar-refractivity contribution in [3.05, 3.63) is 34.6 Å². The van der Waals surface area contributed by atoms with Crippen molar-refractivity contribution in [1.82, 2.24) is 19.9 Å². The summed E-state index contributed by atoms with van der Waals surface area (Å²) in [6.07, 6.45) is 0. The number of H-pyrrole nitrogens is 1. The first-order chi connectivity index (χ1) is 8.65. The number of hydrogen-bond donors (Lipinski definition) is 1. The molecule has 0 aliphatic rings. The van der Waals surface area contributed by atoms with E-state index in [0.717, 1.165) is 5.52 Å². The molecule has 0 aliphatic heterocycles. The minimum Gasteiger partial charge on any atom is -0.348 e. The summed E-state index contributed by atoms with van der Waals surface area (Å²) in [5, 5.41) is 0. The van der Waals surface area contributed by atoms with Gasteiger partial charge in [0.05, 0.1) is 11.0 Å². The van der Waals surface area contributed by atoms with Crippen LogP contribution in [-0.2, 0) is 0 Å². The second-order valence-corrected chi connectivity index (χ2v) is 4.17. The number of nitrogens with one attached hydrogen (secondary N) is 1. The largest absolute Gasteiger partial charge is 0.348 e. The van der Waals surface area contributed by atoms with Crippen molar-refractivity contribution in [2.75, 3.05) is 19.0 Å². The summed E-state index contributed by atoms with van der Waals surface area (Å²) in [7, 11) is 3.61. The molecule has 0 saturated carbocycles. The molecule has 0 spiro atoms. The zero-order valence-corrected chi connectivity index (χ0v) is 10.0. The Morgan fingerprint density at radius 3 is 2.39 bits per heavy atom. The molecule has 1 N–H and O–H groups in total. The number of nitrogens with zero attached hydrogens (tertiary/aromatic N) is 4. The minimum absolute atomic E-state index is 0.263. The molecule has 0 unspecified atom stereocenters. The number of fused-ring (bicyclic) bond motifs is 2. The summed E-state index contributed by atoms with van der Waals surface area (Å²) in [6.45, 7) is 0. The summed E-state index contributed by atoms with van der Waals surface area (Å²) >= 11 is 0. The normalized spacial score (nSPS) is 11.0. The van der Waals surface area contributed by atoms with E-state index in [9.17, 15) is 4.79 Å². The standard InChI is InChI=1S/C12H11N5O/c1-17(2)12-15-10-9(11(18)16-12)13-7-5-3-4-6-8(7)14-10/h3-6H,1-2H3,(H,14,15,16,18). The van der Waals surface area contributed by atoms with E-state index in [2.05, 4.69) is 19.9 Å². The summed E-state index contributed by atoms with van der Waals surface area (Å²) in [6, 6.07) is 7.41. The maximum Gasteiger partial charge on any atom is 0.280 e. The van der Waals surface area contributed by atoms with Gasteiger partial charge in [-0.05, 0) is 12.1 Å². The minimum atomic E-state index is -0.276. The van der Waals surface area contributed by atoms with Crippen LogP contribution >= 0.6 is 0 Å². The zero-order chi connectivity index (χ0) is 12.7. The van der Waals surface area contributed by atoms with Gasteiger partial charge in [-0.2, -0.15) is 4.98 Å². The van der Waals surface area contributed by atoms with Gasteiger partial charge in [0.1, 0.15) is 0 Å². The van der Waals surface area contributed by atoms with Gasteiger partial charge in [-0.3, -0.25) is 9.78 Å². The highest BCUT2D eigenvalue weighted by atomic mass is 16.1. The Morgan fingerprint density at radius 1 is 1.06 bits per heavy atom. The van der Waals surface area contributed by atoms with Crippen LogP contribution in [0.5, 0.6) is 0 Å². The summed E-state index contributed by atoms with van der Waals surface area (Å²) in [5.74, 6) is 0.470.